The molecule has 1 aromatic rings. The number of rotatable bonds is 3. The molecule has 1 aliphatic rings. The number of nitrogens with one attached hydrogen (secondary N) is 3. The van der Waals surface area contributed by atoms with Crippen molar-refractivity contribution in [1.82, 2.24) is 16.1 Å². The Morgan fingerprint density at radius 2 is 1.95 bits per heavy atom. The molecule has 1 fully saturated rings. The first-order chi connectivity index (χ1) is 9.10. The van der Waals surface area contributed by atoms with Gasteiger partial charge in [0.05, 0.1) is 5.69 Å². The minimum atomic E-state index is -1.04. The van der Waals surface area contributed by atoms with Crippen molar-refractivity contribution in [1.29, 1.82) is 0 Å². The summed E-state index contributed by atoms with van der Waals surface area (Å²) < 4.78 is 0. The van der Waals surface area contributed by atoms with E-state index in [9.17, 15) is 9.59 Å². The summed E-state index contributed by atoms with van der Waals surface area (Å²) in [7, 11) is 0. The van der Waals surface area contributed by atoms with Gasteiger partial charge in [-0.05, 0) is 19.1 Å². The average Bonchev–Trinajstić information content (AvgIpc) is 2.39. The lowest BCUT2D eigenvalue weighted by molar-refractivity contribution is -0.124. The fourth-order valence-electron chi connectivity index (χ4n) is 1.56. The molecule has 8 heteroatoms. The molecule has 0 aromatic heterocycles. The molecule has 0 saturated carbocycles. The normalized spacial score (nSPS) is 23.3. The highest BCUT2D eigenvalue weighted by molar-refractivity contribution is 6.00. The first-order valence-electron chi connectivity index (χ1n) is 5.58. The van der Waals surface area contributed by atoms with Gasteiger partial charge in [0.1, 0.15) is 6.17 Å². The molecule has 2 unspecified atom stereocenters. The van der Waals surface area contributed by atoms with Crippen LogP contribution in [0.15, 0.2) is 34.5 Å². The lowest BCUT2D eigenvalue weighted by atomic mass is 10.2. The van der Waals surface area contributed by atoms with E-state index in [0.29, 0.717) is 5.69 Å². The highest BCUT2D eigenvalue weighted by Crippen LogP contribution is 2.14. The summed E-state index contributed by atoms with van der Waals surface area (Å²) in [6.45, 7) is 1.94. The predicted octanol–water partition coefficient (Wildman–Crippen LogP) is 0.592. The molecule has 2 rings (SSSR count). The quantitative estimate of drug-likeness (QED) is 0.472. The molecule has 1 aliphatic heterocycles. The highest BCUT2D eigenvalue weighted by atomic mass is 16.5. The third-order valence-electron chi connectivity index (χ3n) is 2.58. The van der Waals surface area contributed by atoms with Crippen molar-refractivity contribution in [2.24, 2.45) is 10.2 Å². The molecule has 100 valence electrons. The molecule has 19 heavy (non-hydrogen) atoms. The van der Waals surface area contributed by atoms with E-state index >= 15 is 0 Å². The summed E-state index contributed by atoms with van der Waals surface area (Å²) in [6, 6.07) is 5.49. The fraction of sp³-hybridized carbons (Fsp3) is 0.273. The van der Waals surface area contributed by atoms with Crippen LogP contribution in [0.2, 0.25) is 0 Å². The van der Waals surface area contributed by atoms with Gasteiger partial charge in [-0.3, -0.25) is 10.1 Å². The molecule has 0 bridgehead atoms. The predicted molar refractivity (Wildman–Crippen MR) is 64.9 cm³/mol. The van der Waals surface area contributed by atoms with Gasteiger partial charge in [0.25, 0.3) is 5.91 Å². The van der Waals surface area contributed by atoms with Gasteiger partial charge in [0.2, 0.25) is 0 Å². The first kappa shape index (κ1) is 13.1. The number of hydrogen-bond donors (Lipinski definition) is 4. The zero-order chi connectivity index (χ0) is 13.8. The standard InChI is InChI=1S/C11H13N5O3/c1-6-2-4-7(5-3-6)14-15-8-9(16-19)12-11(18)13-10(8)17/h2-5,8-9,16,19H,1H3,(H2,12,13,17,18). The fourth-order valence-corrected chi connectivity index (χ4v) is 1.56. The number of hydrogen-bond acceptors (Lipinski definition) is 6. The average molecular weight is 263 g/mol. The number of carbonyl (C=O) groups is 2. The molecule has 0 radical (unpaired) electrons. The van der Waals surface area contributed by atoms with Crippen LogP contribution in [0, 0.1) is 6.92 Å². The Balaban J connectivity index is 2.13. The number of azo groups is 1. The zero-order valence-corrected chi connectivity index (χ0v) is 10.1. The maximum atomic E-state index is 11.6. The van der Waals surface area contributed by atoms with Gasteiger partial charge in [-0.25, -0.2) is 4.79 Å². The first-order valence-corrected chi connectivity index (χ1v) is 5.58. The number of hydroxylamine groups is 1. The number of urea groups is 1. The van der Waals surface area contributed by atoms with E-state index < -0.39 is 24.1 Å². The number of carbonyl (C=O) groups excluding carboxylic acids is 2. The second-order valence-electron chi connectivity index (χ2n) is 4.07. The lowest BCUT2D eigenvalue weighted by Crippen LogP contribution is -2.64. The SMILES string of the molecule is Cc1ccc(N=NC2C(=O)NC(=O)NC2NO)cc1. The Morgan fingerprint density at radius 3 is 2.58 bits per heavy atom. The highest BCUT2D eigenvalue weighted by Gasteiger charge is 2.35. The summed E-state index contributed by atoms with van der Waals surface area (Å²) in [6.07, 6.45) is -1.00. The van der Waals surface area contributed by atoms with E-state index in [2.05, 4.69) is 15.5 Å². The summed E-state index contributed by atoms with van der Waals surface area (Å²) in [5, 5.41) is 21.0. The molecule has 2 atom stereocenters. The van der Waals surface area contributed by atoms with Crippen LogP contribution in [-0.4, -0.2) is 29.4 Å². The van der Waals surface area contributed by atoms with Gasteiger partial charge in [-0.2, -0.15) is 15.7 Å². The van der Waals surface area contributed by atoms with Crippen molar-refractivity contribution >= 4 is 17.6 Å². The largest absolute Gasteiger partial charge is 0.322 e. The maximum absolute atomic E-state index is 11.6. The molecule has 8 nitrogen and oxygen atoms in total. The molecule has 1 saturated heterocycles. The number of benzene rings is 1. The van der Waals surface area contributed by atoms with Crippen LogP contribution in [0.25, 0.3) is 0 Å². The maximum Gasteiger partial charge on any atom is 0.322 e. The summed E-state index contributed by atoms with van der Waals surface area (Å²) in [5.41, 5.74) is 3.47. The summed E-state index contributed by atoms with van der Waals surface area (Å²) in [4.78, 5) is 22.6. The third-order valence-corrected chi connectivity index (χ3v) is 2.58. The minimum Gasteiger partial charge on any atom is -0.318 e. The van der Waals surface area contributed by atoms with Gasteiger partial charge in [-0.1, -0.05) is 17.7 Å². The van der Waals surface area contributed by atoms with Crippen LogP contribution in [0.5, 0.6) is 0 Å². The molecule has 0 aliphatic carbocycles. The second kappa shape index (κ2) is 5.55. The van der Waals surface area contributed by atoms with Crippen LogP contribution < -0.4 is 16.1 Å². The molecule has 1 heterocycles. The van der Waals surface area contributed by atoms with Crippen molar-refractivity contribution < 1.29 is 14.8 Å². The minimum absolute atomic E-state index is 0.576. The van der Waals surface area contributed by atoms with E-state index in [-0.39, 0.29) is 0 Å². The van der Waals surface area contributed by atoms with Gasteiger partial charge in [0.15, 0.2) is 6.04 Å². The van der Waals surface area contributed by atoms with Crippen LogP contribution >= 0.6 is 0 Å². The number of amides is 3. The number of nitrogens with zero attached hydrogens (tertiary/aromatic N) is 2. The molecule has 4 N–H and O–H groups in total. The Labute approximate surface area is 108 Å². The zero-order valence-electron chi connectivity index (χ0n) is 10.1. The van der Waals surface area contributed by atoms with E-state index in [0.717, 1.165) is 5.56 Å². The molecular formula is C11H13N5O3. The summed E-state index contributed by atoms with van der Waals surface area (Å²) in [5.74, 6) is -0.633. The Hall–Kier alpha value is -2.32. The van der Waals surface area contributed by atoms with Crippen molar-refractivity contribution in [2.75, 3.05) is 0 Å². The number of aryl methyl sites for hydroxylation is 1. The van der Waals surface area contributed by atoms with Gasteiger partial charge in [-0.15, -0.1) is 0 Å². The van der Waals surface area contributed by atoms with Crippen LogP contribution in [0.3, 0.4) is 0 Å². The van der Waals surface area contributed by atoms with E-state index in [1.54, 1.807) is 12.1 Å². The van der Waals surface area contributed by atoms with E-state index in [1.807, 2.05) is 29.9 Å². The monoisotopic (exact) mass is 263 g/mol. The van der Waals surface area contributed by atoms with Crippen LogP contribution in [0.1, 0.15) is 5.56 Å². The molecule has 3 amide bonds. The smallest absolute Gasteiger partial charge is 0.318 e. The van der Waals surface area contributed by atoms with E-state index in [4.69, 9.17) is 5.21 Å². The van der Waals surface area contributed by atoms with Gasteiger partial charge < -0.3 is 10.5 Å². The molecular weight excluding hydrogens is 250 g/mol. The van der Waals surface area contributed by atoms with Crippen LogP contribution in [0.4, 0.5) is 10.5 Å². The third kappa shape index (κ3) is 3.12. The molecule has 1 aromatic carbocycles. The van der Waals surface area contributed by atoms with Gasteiger partial charge in [0, 0.05) is 0 Å². The number of imide groups is 1. The lowest BCUT2D eigenvalue weighted by Gasteiger charge is -2.26. The van der Waals surface area contributed by atoms with Crippen LogP contribution in [-0.2, 0) is 4.79 Å². The van der Waals surface area contributed by atoms with Gasteiger partial charge >= 0.3 is 6.03 Å². The van der Waals surface area contributed by atoms with Crippen molar-refractivity contribution in [3.8, 4) is 0 Å². The van der Waals surface area contributed by atoms with E-state index in [1.165, 1.54) is 0 Å². The molecule has 0 spiro atoms. The Kier molecular flexibility index (Phi) is 3.83. The van der Waals surface area contributed by atoms with Crippen molar-refractivity contribution in [3.63, 3.8) is 0 Å². The summed E-state index contributed by atoms with van der Waals surface area (Å²) >= 11 is 0. The Bertz CT molecular complexity index is 514. The van der Waals surface area contributed by atoms with Crippen molar-refractivity contribution in [3.05, 3.63) is 29.8 Å². The topological polar surface area (TPSA) is 115 Å². The second-order valence-corrected chi connectivity index (χ2v) is 4.07. The Morgan fingerprint density at radius 1 is 1.26 bits per heavy atom. The van der Waals surface area contributed by atoms with Crippen molar-refractivity contribution in [2.45, 2.75) is 19.1 Å².